The highest BCUT2D eigenvalue weighted by Crippen LogP contribution is 2.46. The van der Waals surface area contributed by atoms with Crippen LogP contribution in [0.2, 0.25) is 0 Å². The summed E-state index contributed by atoms with van der Waals surface area (Å²) < 4.78 is 11.3. The first-order valence-electron chi connectivity index (χ1n) is 8.81. The van der Waals surface area contributed by atoms with E-state index in [1.165, 1.54) is 32.1 Å². The molecule has 2 saturated heterocycles. The van der Waals surface area contributed by atoms with Crippen molar-refractivity contribution in [1.82, 2.24) is 5.32 Å². The van der Waals surface area contributed by atoms with Gasteiger partial charge in [0.2, 0.25) is 0 Å². The van der Waals surface area contributed by atoms with Gasteiger partial charge in [0.05, 0.1) is 18.6 Å². The Balaban J connectivity index is 1.69. The van der Waals surface area contributed by atoms with Gasteiger partial charge in [-0.05, 0) is 44.7 Å². The Morgan fingerprint density at radius 3 is 2.33 bits per heavy atom. The summed E-state index contributed by atoms with van der Waals surface area (Å²) in [6.07, 6.45) is 10.1. The van der Waals surface area contributed by atoms with E-state index in [-0.39, 0.29) is 17.5 Å². The fourth-order valence-electron chi connectivity index (χ4n) is 4.37. The SMILES string of the molecule is O=C(OC1CCOCC1)C1(C2CCCCC2)CCNCC1. The van der Waals surface area contributed by atoms with E-state index in [0.29, 0.717) is 5.92 Å². The molecular formula is C17H29NO3. The van der Waals surface area contributed by atoms with Crippen LogP contribution in [-0.2, 0) is 14.3 Å². The van der Waals surface area contributed by atoms with Crippen molar-refractivity contribution in [3.63, 3.8) is 0 Å². The van der Waals surface area contributed by atoms with Crippen molar-refractivity contribution in [2.24, 2.45) is 11.3 Å². The van der Waals surface area contributed by atoms with E-state index in [0.717, 1.165) is 52.0 Å². The van der Waals surface area contributed by atoms with Gasteiger partial charge in [0.15, 0.2) is 0 Å². The topological polar surface area (TPSA) is 47.6 Å². The molecule has 0 atom stereocenters. The van der Waals surface area contributed by atoms with Gasteiger partial charge in [-0.15, -0.1) is 0 Å². The predicted octanol–water partition coefficient (Wildman–Crippen LogP) is 2.66. The van der Waals surface area contributed by atoms with E-state index >= 15 is 0 Å². The zero-order chi connectivity index (χ0) is 14.5. The van der Waals surface area contributed by atoms with Crippen LogP contribution in [0.1, 0.15) is 57.8 Å². The number of rotatable bonds is 3. The average Bonchev–Trinajstić information content (AvgIpc) is 2.57. The molecule has 0 aromatic carbocycles. The van der Waals surface area contributed by atoms with Crippen molar-refractivity contribution in [3.05, 3.63) is 0 Å². The lowest BCUT2D eigenvalue weighted by Crippen LogP contribution is -2.49. The van der Waals surface area contributed by atoms with Gasteiger partial charge in [-0.1, -0.05) is 19.3 Å². The normalized spacial score (nSPS) is 28.2. The Kier molecular flexibility index (Phi) is 5.17. The van der Waals surface area contributed by atoms with Crippen LogP contribution in [0.3, 0.4) is 0 Å². The molecule has 1 saturated carbocycles. The van der Waals surface area contributed by atoms with Gasteiger partial charge in [-0.3, -0.25) is 4.79 Å². The number of carbonyl (C=O) groups is 1. The van der Waals surface area contributed by atoms with Gasteiger partial charge in [0, 0.05) is 12.8 Å². The maximum Gasteiger partial charge on any atom is 0.312 e. The molecule has 3 fully saturated rings. The summed E-state index contributed by atoms with van der Waals surface area (Å²) in [5.74, 6) is 0.642. The second-order valence-corrected chi connectivity index (χ2v) is 6.96. The second-order valence-electron chi connectivity index (χ2n) is 6.96. The summed E-state index contributed by atoms with van der Waals surface area (Å²) in [4.78, 5) is 13.0. The Labute approximate surface area is 127 Å². The largest absolute Gasteiger partial charge is 0.462 e. The fourth-order valence-corrected chi connectivity index (χ4v) is 4.37. The van der Waals surface area contributed by atoms with Crippen molar-refractivity contribution < 1.29 is 14.3 Å². The molecule has 2 heterocycles. The minimum atomic E-state index is -0.204. The first-order valence-corrected chi connectivity index (χ1v) is 8.81. The van der Waals surface area contributed by atoms with Crippen LogP contribution in [0.4, 0.5) is 0 Å². The van der Waals surface area contributed by atoms with Gasteiger partial charge in [-0.25, -0.2) is 0 Å². The molecule has 0 bridgehead atoms. The van der Waals surface area contributed by atoms with Crippen LogP contribution < -0.4 is 5.32 Å². The zero-order valence-electron chi connectivity index (χ0n) is 13.1. The number of nitrogens with one attached hydrogen (secondary N) is 1. The van der Waals surface area contributed by atoms with Gasteiger partial charge < -0.3 is 14.8 Å². The smallest absolute Gasteiger partial charge is 0.312 e. The Morgan fingerprint density at radius 1 is 1.00 bits per heavy atom. The minimum Gasteiger partial charge on any atom is -0.462 e. The van der Waals surface area contributed by atoms with Gasteiger partial charge in [0.25, 0.3) is 0 Å². The summed E-state index contributed by atoms with van der Waals surface area (Å²) in [5, 5.41) is 3.41. The molecule has 2 aliphatic heterocycles. The van der Waals surface area contributed by atoms with Crippen LogP contribution in [-0.4, -0.2) is 38.4 Å². The quantitative estimate of drug-likeness (QED) is 0.813. The summed E-state index contributed by atoms with van der Waals surface area (Å²) >= 11 is 0. The molecule has 1 aliphatic carbocycles. The number of carbonyl (C=O) groups excluding carboxylic acids is 1. The van der Waals surface area contributed by atoms with Crippen LogP contribution >= 0.6 is 0 Å². The van der Waals surface area contributed by atoms with Crippen molar-refractivity contribution in [1.29, 1.82) is 0 Å². The van der Waals surface area contributed by atoms with Crippen molar-refractivity contribution >= 4 is 5.97 Å². The molecule has 4 heteroatoms. The monoisotopic (exact) mass is 295 g/mol. The highest BCUT2D eigenvalue weighted by atomic mass is 16.6. The lowest BCUT2D eigenvalue weighted by Gasteiger charge is -2.44. The predicted molar refractivity (Wildman–Crippen MR) is 81.0 cm³/mol. The van der Waals surface area contributed by atoms with Gasteiger partial charge in [-0.2, -0.15) is 0 Å². The number of hydrogen-bond donors (Lipinski definition) is 1. The molecule has 3 rings (SSSR count). The first-order chi connectivity index (χ1) is 10.3. The number of piperidine rings is 1. The summed E-state index contributed by atoms with van der Waals surface area (Å²) in [6.45, 7) is 3.38. The summed E-state index contributed by atoms with van der Waals surface area (Å²) in [5.41, 5.74) is -0.204. The average molecular weight is 295 g/mol. The van der Waals surface area contributed by atoms with E-state index in [9.17, 15) is 4.79 Å². The lowest BCUT2D eigenvalue weighted by atomic mass is 9.64. The van der Waals surface area contributed by atoms with Crippen molar-refractivity contribution in [2.45, 2.75) is 63.9 Å². The summed E-state index contributed by atoms with van der Waals surface area (Å²) in [7, 11) is 0. The molecule has 0 aromatic heterocycles. The Morgan fingerprint density at radius 2 is 1.67 bits per heavy atom. The highest BCUT2D eigenvalue weighted by molar-refractivity contribution is 5.77. The second kappa shape index (κ2) is 7.10. The fraction of sp³-hybridized carbons (Fsp3) is 0.941. The molecule has 1 N–H and O–H groups in total. The third-order valence-corrected chi connectivity index (χ3v) is 5.73. The molecule has 0 aromatic rings. The highest BCUT2D eigenvalue weighted by Gasteiger charge is 2.48. The lowest BCUT2D eigenvalue weighted by molar-refractivity contribution is -0.172. The maximum absolute atomic E-state index is 13.0. The molecule has 4 nitrogen and oxygen atoms in total. The molecule has 3 aliphatic rings. The number of hydrogen-bond acceptors (Lipinski definition) is 4. The standard InChI is InChI=1S/C17H29NO3/c19-16(21-15-6-12-20-13-7-15)17(8-10-18-11-9-17)14-4-2-1-3-5-14/h14-15,18H,1-13H2. The first kappa shape index (κ1) is 15.3. The molecule has 0 amide bonds. The van der Waals surface area contributed by atoms with Crippen LogP contribution in [0.5, 0.6) is 0 Å². The van der Waals surface area contributed by atoms with E-state index in [4.69, 9.17) is 9.47 Å². The molecular weight excluding hydrogens is 266 g/mol. The molecule has 0 radical (unpaired) electrons. The van der Waals surface area contributed by atoms with Crippen LogP contribution in [0.25, 0.3) is 0 Å². The third kappa shape index (κ3) is 3.42. The maximum atomic E-state index is 13.0. The summed E-state index contributed by atoms with van der Waals surface area (Å²) in [6, 6.07) is 0. The zero-order valence-corrected chi connectivity index (χ0v) is 13.1. The molecule has 21 heavy (non-hydrogen) atoms. The minimum absolute atomic E-state index is 0.0848. The molecule has 120 valence electrons. The van der Waals surface area contributed by atoms with Gasteiger partial charge in [0.1, 0.15) is 6.10 Å². The van der Waals surface area contributed by atoms with Gasteiger partial charge >= 0.3 is 5.97 Å². The molecule has 0 spiro atoms. The van der Waals surface area contributed by atoms with Crippen LogP contribution in [0.15, 0.2) is 0 Å². The van der Waals surface area contributed by atoms with Crippen LogP contribution in [0, 0.1) is 11.3 Å². The number of esters is 1. The van der Waals surface area contributed by atoms with E-state index in [1.807, 2.05) is 0 Å². The van der Waals surface area contributed by atoms with E-state index in [1.54, 1.807) is 0 Å². The van der Waals surface area contributed by atoms with E-state index in [2.05, 4.69) is 5.32 Å². The number of ether oxygens (including phenoxy) is 2. The van der Waals surface area contributed by atoms with Crippen molar-refractivity contribution in [2.75, 3.05) is 26.3 Å². The molecule has 0 unspecified atom stereocenters. The van der Waals surface area contributed by atoms with Crippen molar-refractivity contribution in [3.8, 4) is 0 Å². The Bertz CT molecular complexity index is 340. The Hall–Kier alpha value is -0.610. The van der Waals surface area contributed by atoms with E-state index < -0.39 is 0 Å². The third-order valence-electron chi connectivity index (χ3n) is 5.73.